The second-order valence-corrected chi connectivity index (χ2v) is 5.77. The van der Waals surface area contributed by atoms with E-state index in [1.165, 1.54) is 0 Å². The van der Waals surface area contributed by atoms with E-state index in [1.807, 2.05) is 26.7 Å². The number of hydrogen-bond acceptors (Lipinski definition) is 4. The summed E-state index contributed by atoms with van der Waals surface area (Å²) < 4.78 is 5.27. The van der Waals surface area contributed by atoms with Crippen molar-refractivity contribution in [3.8, 4) is 0 Å². The molecule has 0 radical (unpaired) electrons. The Kier molecular flexibility index (Phi) is 2.66. The molecule has 0 aromatic heterocycles. The summed E-state index contributed by atoms with van der Waals surface area (Å²) in [5, 5.41) is 3.02. The van der Waals surface area contributed by atoms with Crippen molar-refractivity contribution >= 4 is 12.0 Å². The van der Waals surface area contributed by atoms with Crippen molar-refractivity contribution in [2.24, 2.45) is 5.41 Å². The fourth-order valence-electron chi connectivity index (χ4n) is 2.34. The van der Waals surface area contributed by atoms with Gasteiger partial charge in [0.2, 0.25) is 0 Å². The lowest BCUT2D eigenvalue weighted by atomic mass is 9.77. The summed E-state index contributed by atoms with van der Waals surface area (Å²) in [4.78, 5) is 24.1. The van der Waals surface area contributed by atoms with Crippen LogP contribution in [0.15, 0.2) is 5.70 Å². The number of nitrogens with one attached hydrogen (secondary N) is 1. The lowest BCUT2D eigenvalue weighted by Gasteiger charge is -2.47. The van der Waals surface area contributed by atoms with Crippen LogP contribution in [0.3, 0.4) is 0 Å². The lowest BCUT2D eigenvalue weighted by molar-refractivity contribution is -0.0193. The highest BCUT2D eigenvalue weighted by Gasteiger charge is 2.52. The van der Waals surface area contributed by atoms with E-state index in [4.69, 9.17) is 4.74 Å². The molecule has 2 aliphatic rings. The molecule has 1 spiro atoms. The predicted octanol–water partition coefficient (Wildman–Crippen LogP) is 0.932. The third kappa shape index (κ3) is 2.15. The summed E-state index contributed by atoms with van der Waals surface area (Å²) in [6.07, 6.45) is 0.580. The lowest BCUT2D eigenvalue weighted by Crippen LogP contribution is -2.59. The topological polar surface area (TPSA) is 58.6 Å². The van der Waals surface area contributed by atoms with Crippen LogP contribution in [0.2, 0.25) is 0 Å². The quantitative estimate of drug-likeness (QED) is 0.638. The van der Waals surface area contributed by atoms with Gasteiger partial charge in [0.15, 0.2) is 0 Å². The van der Waals surface area contributed by atoms with Gasteiger partial charge in [-0.25, -0.2) is 9.59 Å². The highest BCUT2D eigenvalue weighted by molar-refractivity contribution is 5.71. The van der Waals surface area contributed by atoms with Crippen LogP contribution in [-0.4, -0.2) is 42.2 Å². The molecule has 1 amide bonds. The van der Waals surface area contributed by atoms with E-state index < -0.39 is 5.60 Å². The van der Waals surface area contributed by atoms with Crippen molar-refractivity contribution in [1.29, 1.82) is 0 Å². The Labute approximate surface area is 101 Å². The molecule has 0 unspecified atom stereocenters. The summed E-state index contributed by atoms with van der Waals surface area (Å²) in [5.41, 5.74) is -0.0484. The van der Waals surface area contributed by atoms with Crippen LogP contribution in [-0.2, 0) is 9.53 Å². The molecule has 0 saturated carbocycles. The van der Waals surface area contributed by atoms with Crippen LogP contribution in [0.5, 0.6) is 0 Å². The zero-order chi connectivity index (χ0) is 12.7. The van der Waals surface area contributed by atoms with Crippen LogP contribution in [0.25, 0.3) is 0 Å². The summed E-state index contributed by atoms with van der Waals surface area (Å²) in [6, 6.07) is 0. The monoisotopic (exact) mass is 238 g/mol. The number of carbonyl (C=O) groups excluding carboxylic acids is 2. The van der Waals surface area contributed by atoms with Crippen LogP contribution >= 0.6 is 0 Å². The number of likely N-dealkylation sites (tertiary alicyclic amines) is 1. The minimum atomic E-state index is -0.475. The van der Waals surface area contributed by atoms with E-state index in [-0.39, 0.29) is 11.5 Å². The average Bonchev–Trinajstić information content (AvgIpc) is 2.55. The number of ether oxygens (including phenoxy) is 1. The van der Waals surface area contributed by atoms with Crippen LogP contribution in [0, 0.1) is 5.41 Å². The van der Waals surface area contributed by atoms with Crippen LogP contribution in [0.1, 0.15) is 27.2 Å². The minimum absolute atomic E-state index is 0.182. The molecule has 2 rings (SSSR count). The van der Waals surface area contributed by atoms with E-state index in [1.54, 1.807) is 4.90 Å². The second kappa shape index (κ2) is 3.77. The fourth-order valence-corrected chi connectivity index (χ4v) is 2.34. The van der Waals surface area contributed by atoms with E-state index in [9.17, 15) is 9.59 Å². The van der Waals surface area contributed by atoms with Crippen molar-refractivity contribution in [2.75, 3.05) is 19.6 Å². The summed E-state index contributed by atoms with van der Waals surface area (Å²) in [6.45, 7) is 7.42. The minimum Gasteiger partial charge on any atom is -0.444 e. The molecule has 2 heterocycles. The van der Waals surface area contributed by atoms with E-state index in [0.717, 1.165) is 13.0 Å². The fraction of sp³-hybridized carbons (Fsp3) is 0.750. The second-order valence-electron chi connectivity index (χ2n) is 5.77. The molecule has 2 saturated heterocycles. The zero-order valence-corrected chi connectivity index (χ0v) is 10.5. The molecule has 5 heteroatoms. The normalized spacial score (nSPS) is 21.8. The number of carbonyl (C=O) groups is 1. The van der Waals surface area contributed by atoms with Crippen molar-refractivity contribution in [3.63, 3.8) is 0 Å². The van der Waals surface area contributed by atoms with Crippen molar-refractivity contribution in [3.05, 3.63) is 5.70 Å². The SMILES string of the molecule is CC(C)(C)OC(=O)N1CC2(CCNC2=C=O)C1. The molecule has 0 aromatic rings. The largest absolute Gasteiger partial charge is 0.444 e. The molecule has 17 heavy (non-hydrogen) atoms. The maximum Gasteiger partial charge on any atom is 0.410 e. The Balaban J connectivity index is 1.95. The molecular formula is C12H18N2O3. The van der Waals surface area contributed by atoms with Gasteiger partial charge in [0, 0.05) is 19.6 Å². The molecule has 0 aliphatic carbocycles. The Hall–Kier alpha value is -1.48. The van der Waals surface area contributed by atoms with Gasteiger partial charge in [-0.15, -0.1) is 0 Å². The molecule has 5 nitrogen and oxygen atoms in total. The highest BCUT2D eigenvalue weighted by Crippen LogP contribution is 2.42. The molecule has 2 aliphatic heterocycles. The van der Waals surface area contributed by atoms with Gasteiger partial charge in [-0.05, 0) is 27.2 Å². The maximum absolute atomic E-state index is 11.8. The molecule has 0 atom stereocenters. The number of hydrogen-bond donors (Lipinski definition) is 1. The molecule has 2 fully saturated rings. The molecule has 0 aromatic carbocycles. The third-order valence-corrected chi connectivity index (χ3v) is 3.18. The van der Waals surface area contributed by atoms with E-state index >= 15 is 0 Å². The maximum atomic E-state index is 11.8. The van der Waals surface area contributed by atoms with Gasteiger partial charge in [0.1, 0.15) is 17.2 Å². The standard InChI is InChI=1S/C12H18N2O3/c1-11(2,3)17-10(16)14-7-12(8-14)4-5-13-9(12)6-15/h13H,4-5,7-8H2,1-3H3. The van der Waals surface area contributed by atoms with Gasteiger partial charge < -0.3 is 15.0 Å². The molecule has 1 N–H and O–H groups in total. The van der Waals surface area contributed by atoms with Crippen molar-refractivity contribution in [1.82, 2.24) is 10.2 Å². The Morgan fingerprint density at radius 1 is 1.47 bits per heavy atom. The number of nitrogens with zero attached hydrogens (tertiary/aromatic N) is 1. The molecular weight excluding hydrogens is 220 g/mol. The first-order valence-electron chi connectivity index (χ1n) is 5.84. The number of amides is 1. The average molecular weight is 238 g/mol. The predicted molar refractivity (Wildman–Crippen MR) is 62.1 cm³/mol. The summed E-state index contributed by atoms with van der Waals surface area (Å²) in [5.74, 6) is 1.94. The van der Waals surface area contributed by atoms with E-state index in [0.29, 0.717) is 18.8 Å². The Morgan fingerprint density at radius 3 is 2.65 bits per heavy atom. The molecule has 94 valence electrons. The van der Waals surface area contributed by atoms with Crippen LogP contribution < -0.4 is 5.32 Å². The third-order valence-electron chi connectivity index (χ3n) is 3.18. The Bertz CT molecular complexity index is 385. The smallest absolute Gasteiger partial charge is 0.410 e. The van der Waals surface area contributed by atoms with Gasteiger partial charge in [0.05, 0.1) is 5.41 Å². The van der Waals surface area contributed by atoms with Gasteiger partial charge in [-0.3, -0.25) is 0 Å². The van der Waals surface area contributed by atoms with E-state index in [2.05, 4.69) is 5.32 Å². The molecule has 0 bridgehead atoms. The van der Waals surface area contributed by atoms with Gasteiger partial charge in [0.25, 0.3) is 0 Å². The van der Waals surface area contributed by atoms with Crippen molar-refractivity contribution in [2.45, 2.75) is 32.8 Å². The summed E-state index contributed by atoms with van der Waals surface area (Å²) >= 11 is 0. The highest BCUT2D eigenvalue weighted by atomic mass is 16.6. The Morgan fingerprint density at radius 2 is 2.12 bits per heavy atom. The van der Waals surface area contributed by atoms with Gasteiger partial charge >= 0.3 is 6.09 Å². The first-order valence-corrected chi connectivity index (χ1v) is 5.84. The first-order chi connectivity index (χ1) is 7.86. The van der Waals surface area contributed by atoms with Gasteiger partial charge in [-0.1, -0.05) is 0 Å². The summed E-state index contributed by atoms with van der Waals surface area (Å²) in [7, 11) is 0. The van der Waals surface area contributed by atoms with Crippen LogP contribution in [0.4, 0.5) is 4.79 Å². The van der Waals surface area contributed by atoms with Gasteiger partial charge in [-0.2, -0.15) is 0 Å². The first kappa shape index (κ1) is 12.0. The number of rotatable bonds is 0. The zero-order valence-electron chi connectivity index (χ0n) is 10.5. The van der Waals surface area contributed by atoms with Crippen molar-refractivity contribution < 1.29 is 14.3 Å².